The van der Waals surface area contributed by atoms with Gasteiger partial charge < -0.3 is 9.64 Å². The van der Waals surface area contributed by atoms with Gasteiger partial charge in [0.25, 0.3) is 0 Å². The lowest BCUT2D eigenvalue weighted by molar-refractivity contribution is 0.0177. The van der Waals surface area contributed by atoms with Gasteiger partial charge >= 0.3 is 6.09 Å². The predicted octanol–water partition coefficient (Wildman–Crippen LogP) is 5.19. The van der Waals surface area contributed by atoms with Crippen molar-refractivity contribution >= 4 is 33.8 Å². The maximum atomic E-state index is 12.2. The number of rotatable bonds is 3. The van der Waals surface area contributed by atoms with Crippen molar-refractivity contribution in [2.24, 2.45) is 5.92 Å². The van der Waals surface area contributed by atoms with Crippen LogP contribution in [-0.2, 0) is 4.74 Å². The number of piperidine rings is 1. The lowest BCUT2D eigenvalue weighted by Crippen LogP contribution is -2.43. The molecule has 1 unspecified atom stereocenters. The molecule has 122 valence electrons. The molecule has 0 bridgehead atoms. The molecule has 1 aromatic rings. The van der Waals surface area contributed by atoms with Crippen LogP contribution in [0.4, 0.5) is 4.79 Å². The molecule has 1 aliphatic rings. The molecule has 22 heavy (non-hydrogen) atoms. The van der Waals surface area contributed by atoms with Crippen molar-refractivity contribution in [3.63, 3.8) is 0 Å². The molecule has 0 aliphatic carbocycles. The second-order valence-corrected chi connectivity index (χ2v) is 8.71. The van der Waals surface area contributed by atoms with Crippen LogP contribution < -0.4 is 0 Å². The van der Waals surface area contributed by atoms with Gasteiger partial charge in [-0.1, -0.05) is 22.0 Å². The largest absolute Gasteiger partial charge is 0.444 e. The fraction of sp³-hybridized carbons (Fsp3) is 0.588. The highest BCUT2D eigenvalue weighted by Crippen LogP contribution is 2.28. The van der Waals surface area contributed by atoms with E-state index in [1.54, 1.807) is 0 Å². The number of halogens is 1. The van der Waals surface area contributed by atoms with Gasteiger partial charge in [0, 0.05) is 28.2 Å². The summed E-state index contributed by atoms with van der Waals surface area (Å²) in [5, 5.41) is 0. The van der Waals surface area contributed by atoms with Gasteiger partial charge in [-0.2, -0.15) is 0 Å². The van der Waals surface area contributed by atoms with Gasteiger partial charge in [-0.3, -0.25) is 0 Å². The molecular formula is C17H24BrNO2S. The average Bonchev–Trinajstić information content (AvgIpc) is 2.44. The molecule has 1 saturated heterocycles. The second-order valence-electron chi connectivity index (χ2n) is 6.70. The Hall–Kier alpha value is -0.680. The molecule has 1 amide bonds. The van der Waals surface area contributed by atoms with E-state index in [1.165, 1.54) is 11.3 Å². The summed E-state index contributed by atoms with van der Waals surface area (Å²) in [5.41, 5.74) is -0.422. The van der Waals surface area contributed by atoms with Crippen LogP contribution in [0.3, 0.4) is 0 Å². The third-order valence-electron chi connectivity index (χ3n) is 3.45. The molecule has 5 heteroatoms. The molecule has 1 aliphatic heterocycles. The van der Waals surface area contributed by atoms with Crippen molar-refractivity contribution < 1.29 is 9.53 Å². The van der Waals surface area contributed by atoms with Gasteiger partial charge in [0.15, 0.2) is 0 Å². The summed E-state index contributed by atoms with van der Waals surface area (Å²) in [4.78, 5) is 15.3. The molecule has 0 aromatic heterocycles. The van der Waals surface area contributed by atoms with Gasteiger partial charge in [-0.05, 0) is 57.7 Å². The summed E-state index contributed by atoms with van der Waals surface area (Å²) in [5.74, 6) is 1.57. The van der Waals surface area contributed by atoms with Crippen LogP contribution in [0, 0.1) is 5.92 Å². The summed E-state index contributed by atoms with van der Waals surface area (Å²) in [6.45, 7) is 7.35. The number of ether oxygens (including phenoxy) is 1. The number of hydrogen-bond acceptors (Lipinski definition) is 3. The van der Waals surface area contributed by atoms with E-state index < -0.39 is 5.60 Å². The van der Waals surface area contributed by atoms with Crippen LogP contribution in [0.1, 0.15) is 33.6 Å². The molecule has 0 saturated carbocycles. The zero-order valence-corrected chi connectivity index (χ0v) is 15.9. The maximum Gasteiger partial charge on any atom is 0.410 e. The Morgan fingerprint density at radius 2 is 2.23 bits per heavy atom. The zero-order chi connectivity index (χ0) is 16.2. The number of amides is 1. The van der Waals surface area contributed by atoms with Crippen LogP contribution >= 0.6 is 27.7 Å². The van der Waals surface area contributed by atoms with E-state index in [4.69, 9.17) is 4.74 Å². The van der Waals surface area contributed by atoms with E-state index in [9.17, 15) is 4.79 Å². The first kappa shape index (κ1) is 17.7. The van der Waals surface area contributed by atoms with Crippen LogP contribution in [0.5, 0.6) is 0 Å². The fourth-order valence-electron chi connectivity index (χ4n) is 2.46. The zero-order valence-electron chi connectivity index (χ0n) is 13.5. The van der Waals surface area contributed by atoms with Crippen molar-refractivity contribution in [1.82, 2.24) is 4.90 Å². The van der Waals surface area contributed by atoms with Crippen molar-refractivity contribution in [3.05, 3.63) is 28.7 Å². The van der Waals surface area contributed by atoms with E-state index in [0.717, 1.165) is 29.7 Å². The summed E-state index contributed by atoms with van der Waals surface area (Å²) >= 11 is 5.36. The first-order valence-electron chi connectivity index (χ1n) is 7.70. The summed E-state index contributed by atoms with van der Waals surface area (Å²) in [6.07, 6.45) is 2.06. The van der Waals surface area contributed by atoms with E-state index in [1.807, 2.05) is 43.5 Å². The molecule has 0 spiro atoms. The molecule has 0 N–H and O–H groups in total. The van der Waals surface area contributed by atoms with Gasteiger partial charge in [-0.25, -0.2) is 4.79 Å². The summed E-state index contributed by atoms with van der Waals surface area (Å²) < 4.78 is 6.59. The molecule has 1 atom stereocenters. The molecule has 3 nitrogen and oxygen atoms in total. The standard InChI is InChI=1S/C17H24BrNO2S/c1-17(2,3)21-16(20)19-9-5-6-13(11-19)12-22-15-8-4-7-14(18)10-15/h4,7-8,10,13H,5-6,9,11-12H2,1-3H3. The Morgan fingerprint density at radius 1 is 1.45 bits per heavy atom. The predicted molar refractivity (Wildman–Crippen MR) is 95.4 cm³/mol. The van der Waals surface area contributed by atoms with E-state index >= 15 is 0 Å². The lowest BCUT2D eigenvalue weighted by Gasteiger charge is -2.34. The summed E-state index contributed by atoms with van der Waals surface area (Å²) in [7, 11) is 0. The molecule has 1 aromatic carbocycles. The number of thioether (sulfide) groups is 1. The van der Waals surface area contributed by atoms with E-state index in [2.05, 4.69) is 34.1 Å². The minimum absolute atomic E-state index is 0.176. The first-order valence-corrected chi connectivity index (χ1v) is 9.47. The van der Waals surface area contributed by atoms with Crippen molar-refractivity contribution in [3.8, 4) is 0 Å². The number of carbonyl (C=O) groups is 1. The minimum Gasteiger partial charge on any atom is -0.444 e. The number of benzene rings is 1. The topological polar surface area (TPSA) is 29.5 Å². The SMILES string of the molecule is CC(C)(C)OC(=O)N1CCCC(CSc2cccc(Br)c2)C1. The van der Waals surface area contributed by atoms with Gasteiger partial charge in [0.05, 0.1) is 0 Å². The Balaban J connectivity index is 1.84. The first-order chi connectivity index (χ1) is 10.3. The van der Waals surface area contributed by atoms with Gasteiger partial charge in [0.2, 0.25) is 0 Å². The van der Waals surface area contributed by atoms with Crippen LogP contribution in [0.15, 0.2) is 33.6 Å². The Bertz CT molecular complexity index is 516. The smallest absolute Gasteiger partial charge is 0.410 e. The van der Waals surface area contributed by atoms with Crippen molar-refractivity contribution in [1.29, 1.82) is 0 Å². The fourth-order valence-corrected chi connectivity index (χ4v) is 4.10. The third kappa shape index (κ3) is 5.84. The van der Waals surface area contributed by atoms with E-state index in [-0.39, 0.29) is 6.09 Å². The molecule has 2 rings (SSSR count). The average molecular weight is 386 g/mol. The molecule has 0 radical (unpaired) electrons. The molecule has 1 heterocycles. The lowest BCUT2D eigenvalue weighted by atomic mass is 10.0. The maximum absolute atomic E-state index is 12.2. The Kier molecular flexibility index (Phi) is 6.21. The highest BCUT2D eigenvalue weighted by Gasteiger charge is 2.27. The minimum atomic E-state index is -0.422. The number of nitrogens with zero attached hydrogens (tertiary/aromatic N) is 1. The second kappa shape index (κ2) is 7.73. The van der Waals surface area contributed by atoms with Crippen LogP contribution in [0.2, 0.25) is 0 Å². The monoisotopic (exact) mass is 385 g/mol. The molecule has 1 fully saturated rings. The van der Waals surface area contributed by atoms with E-state index in [0.29, 0.717) is 5.92 Å². The normalized spacial score (nSPS) is 19.1. The highest BCUT2D eigenvalue weighted by molar-refractivity contribution is 9.10. The number of hydrogen-bond donors (Lipinski definition) is 0. The number of carbonyl (C=O) groups excluding carboxylic acids is 1. The van der Waals surface area contributed by atoms with Crippen LogP contribution in [-0.4, -0.2) is 35.4 Å². The third-order valence-corrected chi connectivity index (χ3v) is 5.17. The van der Waals surface area contributed by atoms with Crippen LogP contribution in [0.25, 0.3) is 0 Å². The van der Waals surface area contributed by atoms with Gasteiger partial charge in [0.1, 0.15) is 5.60 Å². The summed E-state index contributed by atoms with van der Waals surface area (Å²) in [6, 6.07) is 8.36. The van der Waals surface area contributed by atoms with Crippen molar-refractivity contribution in [2.45, 2.75) is 44.1 Å². The molecular weight excluding hydrogens is 362 g/mol. The Labute approximate surface area is 145 Å². The number of likely N-dealkylation sites (tertiary alicyclic amines) is 1. The quantitative estimate of drug-likeness (QED) is 0.670. The van der Waals surface area contributed by atoms with Gasteiger partial charge in [-0.15, -0.1) is 11.8 Å². The highest BCUT2D eigenvalue weighted by atomic mass is 79.9. The Morgan fingerprint density at radius 3 is 2.91 bits per heavy atom. The van der Waals surface area contributed by atoms with Crippen molar-refractivity contribution in [2.75, 3.05) is 18.8 Å².